The first-order valence-corrected chi connectivity index (χ1v) is 7.26. The van der Waals surface area contributed by atoms with Crippen LogP contribution in [0.2, 0.25) is 0 Å². The van der Waals surface area contributed by atoms with E-state index in [0.717, 1.165) is 24.3 Å². The van der Waals surface area contributed by atoms with Gasteiger partial charge in [0.25, 0.3) is 0 Å². The Bertz CT molecular complexity index is 523. The summed E-state index contributed by atoms with van der Waals surface area (Å²) in [5.41, 5.74) is 2.56. The molecule has 2 N–H and O–H groups in total. The number of nitrogens with zero attached hydrogens (tertiary/aromatic N) is 1. The van der Waals surface area contributed by atoms with Crippen LogP contribution in [-0.2, 0) is 17.8 Å². The highest BCUT2D eigenvalue weighted by molar-refractivity contribution is 5.86. The quantitative estimate of drug-likeness (QED) is 0.899. The number of aliphatic hydroxyl groups is 1. The molecule has 0 aliphatic carbocycles. The van der Waals surface area contributed by atoms with E-state index in [1.54, 1.807) is 0 Å². The third kappa shape index (κ3) is 3.95. The van der Waals surface area contributed by atoms with Gasteiger partial charge in [0, 0.05) is 24.8 Å². The van der Waals surface area contributed by atoms with E-state index in [1.165, 1.54) is 5.56 Å². The molecule has 1 amide bonds. The van der Waals surface area contributed by atoms with Crippen LogP contribution in [0.5, 0.6) is 0 Å². The van der Waals surface area contributed by atoms with Crippen molar-refractivity contribution in [1.29, 1.82) is 0 Å². The zero-order chi connectivity index (χ0) is 15.6. The van der Waals surface area contributed by atoms with Gasteiger partial charge in [-0.05, 0) is 44.9 Å². The lowest BCUT2D eigenvalue weighted by atomic mass is 10.1. The first-order chi connectivity index (χ1) is 9.80. The molecule has 0 bridgehead atoms. The van der Waals surface area contributed by atoms with Gasteiger partial charge in [0.05, 0.1) is 6.61 Å². The van der Waals surface area contributed by atoms with Gasteiger partial charge in [0.1, 0.15) is 5.60 Å². The van der Waals surface area contributed by atoms with E-state index in [4.69, 9.17) is 4.74 Å². The number of rotatable bonds is 3. The number of amides is 1. The summed E-state index contributed by atoms with van der Waals surface area (Å²) in [6, 6.07) is 5.97. The SMILES string of the molecule is CC(CO)N1Cc2cccc(NC(=O)OC(C)(C)C)c2C1. The van der Waals surface area contributed by atoms with Crippen LogP contribution in [0.15, 0.2) is 18.2 Å². The van der Waals surface area contributed by atoms with Crippen molar-refractivity contribution in [2.75, 3.05) is 11.9 Å². The first kappa shape index (κ1) is 15.8. The van der Waals surface area contributed by atoms with E-state index in [0.29, 0.717) is 0 Å². The number of aliphatic hydroxyl groups excluding tert-OH is 1. The molecule has 0 fully saturated rings. The zero-order valence-electron chi connectivity index (χ0n) is 13.1. The van der Waals surface area contributed by atoms with Crippen LogP contribution in [0, 0.1) is 0 Å². The molecule has 1 aromatic carbocycles. The molecular formula is C16H24N2O3. The number of nitrogens with one attached hydrogen (secondary N) is 1. The molecule has 0 spiro atoms. The average Bonchev–Trinajstić information content (AvgIpc) is 2.80. The molecule has 1 aliphatic rings. The topological polar surface area (TPSA) is 61.8 Å². The number of fused-ring (bicyclic) bond motifs is 1. The van der Waals surface area contributed by atoms with E-state index in [2.05, 4.69) is 16.3 Å². The third-order valence-electron chi connectivity index (χ3n) is 3.53. The van der Waals surface area contributed by atoms with Crippen molar-refractivity contribution < 1.29 is 14.6 Å². The number of hydrogen-bond acceptors (Lipinski definition) is 4. The Morgan fingerprint density at radius 1 is 1.43 bits per heavy atom. The van der Waals surface area contributed by atoms with Crippen molar-refractivity contribution in [2.24, 2.45) is 0 Å². The van der Waals surface area contributed by atoms with E-state index < -0.39 is 11.7 Å². The normalized spacial score (nSPS) is 16.4. The van der Waals surface area contributed by atoms with Crippen LogP contribution in [0.25, 0.3) is 0 Å². The smallest absolute Gasteiger partial charge is 0.412 e. The van der Waals surface area contributed by atoms with Crippen molar-refractivity contribution in [3.63, 3.8) is 0 Å². The molecule has 1 aromatic rings. The van der Waals surface area contributed by atoms with Crippen LogP contribution < -0.4 is 5.32 Å². The molecule has 2 rings (SSSR count). The third-order valence-corrected chi connectivity index (χ3v) is 3.53. The van der Waals surface area contributed by atoms with Crippen LogP contribution >= 0.6 is 0 Å². The van der Waals surface area contributed by atoms with Gasteiger partial charge in [0.15, 0.2) is 0 Å². The minimum atomic E-state index is -0.514. The highest BCUT2D eigenvalue weighted by Gasteiger charge is 2.26. The number of carbonyl (C=O) groups is 1. The van der Waals surface area contributed by atoms with Crippen LogP contribution in [0.3, 0.4) is 0 Å². The lowest BCUT2D eigenvalue weighted by Gasteiger charge is -2.22. The molecule has 0 aromatic heterocycles. The van der Waals surface area contributed by atoms with E-state index in [-0.39, 0.29) is 12.6 Å². The molecule has 1 unspecified atom stereocenters. The minimum absolute atomic E-state index is 0.103. The molecule has 5 heteroatoms. The Morgan fingerprint density at radius 3 is 2.76 bits per heavy atom. The molecule has 5 nitrogen and oxygen atoms in total. The van der Waals surface area contributed by atoms with Crippen molar-refractivity contribution in [2.45, 2.75) is 52.4 Å². The second kappa shape index (κ2) is 6.03. The molecule has 0 saturated heterocycles. The van der Waals surface area contributed by atoms with Gasteiger partial charge >= 0.3 is 6.09 Å². The maximum absolute atomic E-state index is 11.9. The monoisotopic (exact) mass is 292 g/mol. The molecule has 1 aliphatic heterocycles. The van der Waals surface area contributed by atoms with Crippen molar-refractivity contribution >= 4 is 11.8 Å². The molecule has 21 heavy (non-hydrogen) atoms. The van der Waals surface area contributed by atoms with Crippen molar-refractivity contribution in [1.82, 2.24) is 4.90 Å². The van der Waals surface area contributed by atoms with Crippen LogP contribution in [-0.4, -0.2) is 34.3 Å². The fourth-order valence-corrected chi connectivity index (χ4v) is 2.41. The largest absolute Gasteiger partial charge is 0.444 e. The molecular weight excluding hydrogens is 268 g/mol. The highest BCUT2D eigenvalue weighted by Crippen LogP contribution is 2.30. The number of hydrogen-bond donors (Lipinski definition) is 2. The Kier molecular flexibility index (Phi) is 4.54. The van der Waals surface area contributed by atoms with Crippen molar-refractivity contribution in [3.8, 4) is 0 Å². The zero-order valence-corrected chi connectivity index (χ0v) is 13.1. The lowest BCUT2D eigenvalue weighted by molar-refractivity contribution is 0.0635. The predicted octanol–water partition coefficient (Wildman–Crippen LogP) is 2.73. The minimum Gasteiger partial charge on any atom is -0.444 e. The molecule has 116 valence electrons. The van der Waals surface area contributed by atoms with Gasteiger partial charge in [-0.3, -0.25) is 10.2 Å². The van der Waals surface area contributed by atoms with Crippen molar-refractivity contribution in [3.05, 3.63) is 29.3 Å². The predicted molar refractivity (Wildman–Crippen MR) is 82.1 cm³/mol. The summed E-state index contributed by atoms with van der Waals surface area (Å²) in [4.78, 5) is 14.1. The number of benzene rings is 1. The number of anilines is 1. The summed E-state index contributed by atoms with van der Waals surface area (Å²) >= 11 is 0. The Hall–Kier alpha value is -1.59. The summed E-state index contributed by atoms with van der Waals surface area (Å²) in [6.45, 7) is 9.16. The Balaban J connectivity index is 2.11. The van der Waals surface area contributed by atoms with Gasteiger partial charge in [0.2, 0.25) is 0 Å². The molecule has 0 saturated carbocycles. The molecule has 0 radical (unpaired) electrons. The second-order valence-corrected chi connectivity index (χ2v) is 6.51. The van der Waals surface area contributed by atoms with Gasteiger partial charge in [-0.25, -0.2) is 4.79 Å². The summed E-state index contributed by atoms with van der Waals surface area (Å²) in [6.07, 6.45) is -0.440. The van der Waals surface area contributed by atoms with Gasteiger partial charge in [-0.15, -0.1) is 0 Å². The lowest BCUT2D eigenvalue weighted by Crippen LogP contribution is -2.31. The van der Waals surface area contributed by atoms with E-state index in [1.807, 2.05) is 39.8 Å². The van der Waals surface area contributed by atoms with Gasteiger partial charge in [-0.1, -0.05) is 12.1 Å². The number of carbonyl (C=O) groups excluding carboxylic acids is 1. The first-order valence-electron chi connectivity index (χ1n) is 7.26. The van der Waals surface area contributed by atoms with Gasteiger partial charge in [-0.2, -0.15) is 0 Å². The fraction of sp³-hybridized carbons (Fsp3) is 0.562. The summed E-state index contributed by atoms with van der Waals surface area (Å²) < 4.78 is 5.29. The summed E-state index contributed by atoms with van der Waals surface area (Å²) in [5, 5.41) is 12.1. The van der Waals surface area contributed by atoms with Gasteiger partial charge < -0.3 is 9.84 Å². The van der Waals surface area contributed by atoms with E-state index in [9.17, 15) is 9.90 Å². The highest BCUT2D eigenvalue weighted by atomic mass is 16.6. The second-order valence-electron chi connectivity index (χ2n) is 6.51. The Morgan fingerprint density at radius 2 is 2.14 bits per heavy atom. The van der Waals surface area contributed by atoms with E-state index >= 15 is 0 Å². The van der Waals surface area contributed by atoms with Crippen LogP contribution in [0.1, 0.15) is 38.8 Å². The summed E-state index contributed by atoms with van der Waals surface area (Å²) in [5.74, 6) is 0. The number of ether oxygens (including phenoxy) is 1. The van der Waals surface area contributed by atoms with Crippen LogP contribution in [0.4, 0.5) is 10.5 Å². The fourth-order valence-electron chi connectivity index (χ4n) is 2.41. The average molecular weight is 292 g/mol. The maximum Gasteiger partial charge on any atom is 0.412 e. The Labute approximate surface area is 125 Å². The molecule has 1 atom stereocenters. The summed E-state index contributed by atoms with van der Waals surface area (Å²) in [7, 11) is 0. The molecule has 1 heterocycles. The maximum atomic E-state index is 11.9. The standard InChI is InChI=1S/C16H24N2O3/c1-11(10-19)18-8-12-6-5-7-14(13(12)9-18)17-15(20)21-16(2,3)4/h5-7,11,19H,8-10H2,1-4H3,(H,17,20).